The molecule has 0 spiro atoms. The lowest BCUT2D eigenvalue weighted by Gasteiger charge is -2.48. The number of hydrogen-bond donors (Lipinski definition) is 11. The number of aliphatic hydroxyl groups excluding tert-OH is 7. The second-order valence-corrected chi connectivity index (χ2v) is 12.7. The monoisotopic (exact) mass is 756 g/mol. The molecule has 3 fully saturated rings. The highest BCUT2D eigenvalue weighted by Gasteiger charge is 2.54. The van der Waals surface area contributed by atoms with Crippen LogP contribution in [0.25, 0.3) is 6.08 Å². The fourth-order valence-corrected chi connectivity index (χ4v) is 5.94. The lowest BCUT2D eigenvalue weighted by molar-refractivity contribution is -0.379. The van der Waals surface area contributed by atoms with Gasteiger partial charge in [0.25, 0.3) is 0 Å². The Hall–Kier alpha value is -3.67. The smallest absolute Gasteiger partial charge is 0.331 e. The third-order valence-electron chi connectivity index (χ3n) is 8.93. The topological polar surface area (TPSA) is 304 Å². The Labute approximate surface area is 302 Å². The summed E-state index contributed by atoms with van der Waals surface area (Å²) in [5.41, 5.74) is 0.825. The Morgan fingerprint density at radius 2 is 1.42 bits per heavy atom. The summed E-state index contributed by atoms with van der Waals surface area (Å²) in [6.45, 7) is -2.10. The minimum Gasteiger partial charge on any atom is -0.504 e. The average molecular weight is 757 g/mol. The average Bonchev–Trinajstić information content (AvgIpc) is 3.13. The van der Waals surface area contributed by atoms with E-state index < -0.39 is 111 Å². The molecule has 3 aliphatic rings. The van der Waals surface area contributed by atoms with E-state index in [1.165, 1.54) is 42.5 Å². The fourth-order valence-electron chi connectivity index (χ4n) is 5.94. The van der Waals surface area contributed by atoms with Crippen LogP contribution in [0.5, 0.6) is 23.0 Å². The van der Waals surface area contributed by atoms with E-state index >= 15 is 0 Å². The standard InChI is InChI=1S/C34H44O19/c35-12-23-27(44)28(45)29(46)33(49-23)53-31-30(51-25(43)6-3-15-1-4-17(37)19(39)9-15)24(13-36)50-34(32(31)52-26-11-21(41)22(42)14-48-26)47-8-7-16-2-5-18(38)20(40)10-16/h1-6,9-10,21-24,26-42,44-46H,7-8,11-14H2/b6-3+/t21-,22+,23-,24-,26+,27-,28+,29?,30-,31+,32-,33+,34-/m1/s1. The van der Waals surface area contributed by atoms with Crippen molar-refractivity contribution in [2.24, 2.45) is 0 Å². The molecule has 3 saturated heterocycles. The molecule has 13 atom stereocenters. The van der Waals surface area contributed by atoms with Gasteiger partial charge in [-0.1, -0.05) is 12.1 Å². The number of esters is 1. The number of phenols is 4. The van der Waals surface area contributed by atoms with Crippen molar-refractivity contribution in [2.75, 3.05) is 26.4 Å². The molecular formula is C34H44O19. The van der Waals surface area contributed by atoms with E-state index in [1.807, 2.05) is 0 Å². The van der Waals surface area contributed by atoms with Crippen LogP contribution in [0.15, 0.2) is 42.5 Å². The van der Waals surface area contributed by atoms with Gasteiger partial charge >= 0.3 is 5.97 Å². The molecule has 2 aromatic carbocycles. The van der Waals surface area contributed by atoms with Crippen LogP contribution in [0.3, 0.4) is 0 Å². The van der Waals surface area contributed by atoms with Crippen LogP contribution in [-0.2, 0) is 44.4 Å². The van der Waals surface area contributed by atoms with Crippen molar-refractivity contribution in [3.63, 3.8) is 0 Å². The van der Waals surface area contributed by atoms with Crippen LogP contribution in [0.1, 0.15) is 17.5 Å². The molecule has 0 aliphatic carbocycles. The number of aliphatic hydroxyl groups is 7. The molecule has 19 heteroatoms. The van der Waals surface area contributed by atoms with Gasteiger partial charge in [-0.25, -0.2) is 4.79 Å². The van der Waals surface area contributed by atoms with Crippen LogP contribution < -0.4 is 0 Å². The summed E-state index contributed by atoms with van der Waals surface area (Å²) in [4.78, 5) is 13.2. The highest BCUT2D eigenvalue weighted by atomic mass is 16.8. The Balaban J connectivity index is 1.47. The summed E-state index contributed by atoms with van der Waals surface area (Å²) in [5.74, 6) is -2.60. The van der Waals surface area contributed by atoms with E-state index in [0.29, 0.717) is 5.56 Å². The fraction of sp³-hybridized carbons (Fsp3) is 0.559. The number of ether oxygens (including phenoxy) is 7. The molecule has 11 N–H and O–H groups in total. The number of phenolic OH excluding ortho intramolecular Hbond substituents is 4. The van der Waals surface area contributed by atoms with Crippen molar-refractivity contribution in [1.82, 2.24) is 0 Å². The van der Waals surface area contributed by atoms with Gasteiger partial charge < -0.3 is 89.3 Å². The summed E-state index contributed by atoms with van der Waals surface area (Å²) in [6, 6.07) is 7.87. The quantitative estimate of drug-likeness (QED) is 0.0569. The predicted molar refractivity (Wildman–Crippen MR) is 174 cm³/mol. The molecule has 1 unspecified atom stereocenters. The first kappa shape index (κ1) is 40.5. The summed E-state index contributed by atoms with van der Waals surface area (Å²) in [6.07, 6.45) is -18.2. The zero-order valence-corrected chi connectivity index (χ0v) is 28.1. The van der Waals surface area contributed by atoms with Crippen molar-refractivity contribution in [1.29, 1.82) is 0 Å². The van der Waals surface area contributed by atoms with E-state index in [1.54, 1.807) is 0 Å². The summed E-state index contributed by atoms with van der Waals surface area (Å²) in [7, 11) is 0. The zero-order chi connectivity index (χ0) is 38.4. The van der Waals surface area contributed by atoms with Gasteiger partial charge in [-0.3, -0.25) is 0 Å². The van der Waals surface area contributed by atoms with Crippen LogP contribution in [0.4, 0.5) is 0 Å². The molecule has 0 amide bonds. The highest BCUT2D eigenvalue weighted by molar-refractivity contribution is 5.87. The summed E-state index contributed by atoms with van der Waals surface area (Å²) >= 11 is 0. The SMILES string of the molecule is O=C(/C=C/c1ccc(O)c(O)c1)O[C@H]1[C@H](O[C@@H]2O[C@H](CO)[C@@H](O)[C@H](O)C2O)[C@@H](O[C@H]2C[C@@H](O)[C@@H](O)CO2)[C@H](OCCc2ccc(O)c(O)c2)O[C@@H]1CO. The largest absolute Gasteiger partial charge is 0.504 e. The maximum atomic E-state index is 13.2. The molecular weight excluding hydrogens is 712 g/mol. The third kappa shape index (κ3) is 9.91. The number of aromatic hydroxyl groups is 4. The van der Waals surface area contributed by atoms with E-state index in [9.17, 15) is 61.0 Å². The highest BCUT2D eigenvalue weighted by Crippen LogP contribution is 2.35. The van der Waals surface area contributed by atoms with Crippen molar-refractivity contribution in [2.45, 2.75) is 92.8 Å². The molecule has 0 bridgehead atoms. The zero-order valence-electron chi connectivity index (χ0n) is 28.1. The lowest BCUT2D eigenvalue weighted by Crippen LogP contribution is -2.66. The normalized spacial score (nSPS) is 35.0. The molecule has 3 heterocycles. The molecule has 53 heavy (non-hydrogen) atoms. The second kappa shape index (κ2) is 18.1. The maximum Gasteiger partial charge on any atom is 0.331 e. The number of benzene rings is 2. The van der Waals surface area contributed by atoms with Gasteiger partial charge in [0.05, 0.1) is 32.5 Å². The number of carbonyl (C=O) groups is 1. The van der Waals surface area contributed by atoms with Crippen LogP contribution in [-0.4, -0.2) is 168 Å². The molecule has 0 saturated carbocycles. The number of carbonyl (C=O) groups excluding carboxylic acids is 1. The van der Waals surface area contributed by atoms with Gasteiger partial charge in [-0.05, 0) is 47.9 Å². The van der Waals surface area contributed by atoms with Gasteiger partial charge in [-0.15, -0.1) is 0 Å². The van der Waals surface area contributed by atoms with Crippen molar-refractivity contribution < 1.29 is 94.1 Å². The first-order chi connectivity index (χ1) is 25.3. The number of rotatable bonds is 13. The Kier molecular flexibility index (Phi) is 13.8. The molecule has 3 aliphatic heterocycles. The van der Waals surface area contributed by atoms with E-state index in [2.05, 4.69) is 0 Å². The van der Waals surface area contributed by atoms with Gasteiger partial charge in [0.1, 0.15) is 48.8 Å². The minimum atomic E-state index is -1.94. The molecule has 5 rings (SSSR count). The third-order valence-corrected chi connectivity index (χ3v) is 8.93. The second-order valence-electron chi connectivity index (χ2n) is 12.7. The van der Waals surface area contributed by atoms with Gasteiger partial charge in [0.2, 0.25) is 0 Å². The van der Waals surface area contributed by atoms with Crippen molar-refractivity contribution in [3.8, 4) is 23.0 Å². The van der Waals surface area contributed by atoms with Crippen LogP contribution in [0, 0.1) is 0 Å². The Morgan fingerprint density at radius 1 is 0.736 bits per heavy atom. The lowest BCUT2D eigenvalue weighted by atomic mass is 9.96. The maximum absolute atomic E-state index is 13.2. The molecule has 19 nitrogen and oxygen atoms in total. The van der Waals surface area contributed by atoms with Gasteiger partial charge in [-0.2, -0.15) is 0 Å². The van der Waals surface area contributed by atoms with Crippen molar-refractivity contribution >= 4 is 12.0 Å². The number of hydrogen-bond acceptors (Lipinski definition) is 19. The molecule has 294 valence electrons. The van der Waals surface area contributed by atoms with Gasteiger partial charge in [0.15, 0.2) is 48.0 Å². The first-order valence-corrected chi connectivity index (χ1v) is 16.7. The summed E-state index contributed by atoms with van der Waals surface area (Å²) in [5, 5.41) is 111. The van der Waals surface area contributed by atoms with Crippen LogP contribution in [0.2, 0.25) is 0 Å². The van der Waals surface area contributed by atoms with Crippen molar-refractivity contribution in [3.05, 3.63) is 53.6 Å². The minimum absolute atomic E-state index is 0.140. The summed E-state index contributed by atoms with van der Waals surface area (Å²) < 4.78 is 41.2. The van der Waals surface area contributed by atoms with Gasteiger partial charge in [0, 0.05) is 12.5 Å². The van der Waals surface area contributed by atoms with Crippen LogP contribution >= 0.6 is 0 Å². The van der Waals surface area contributed by atoms with E-state index in [4.69, 9.17) is 33.2 Å². The molecule has 0 aromatic heterocycles. The van der Waals surface area contributed by atoms with E-state index in [0.717, 1.165) is 6.08 Å². The Morgan fingerprint density at radius 3 is 2.08 bits per heavy atom. The predicted octanol–water partition coefficient (Wildman–Crippen LogP) is -2.55. The van der Waals surface area contributed by atoms with E-state index in [-0.39, 0.29) is 43.1 Å². The molecule has 0 radical (unpaired) electrons. The Bertz CT molecular complexity index is 1540. The molecule has 2 aromatic rings. The first-order valence-electron chi connectivity index (χ1n) is 16.7.